The maximum Gasteiger partial charge on any atom is 0.150 e. The first-order chi connectivity index (χ1) is 13.3. The molecule has 0 fully saturated rings. The number of aldehydes is 1. The van der Waals surface area contributed by atoms with Crippen LogP contribution in [-0.4, -0.2) is 25.9 Å². The average Bonchev–Trinajstić information content (AvgIpc) is 2.74. The summed E-state index contributed by atoms with van der Waals surface area (Å²) in [5.74, 6) is 0. The van der Waals surface area contributed by atoms with E-state index in [2.05, 4.69) is 42.6 Å². The molecule has 0 amide bonds. The van der Waals surface area contributed by atoms with E-state index in [0.29, 0.717) is 0 Å². The lowest BCUT2D eigenvalue weighted by molar-refractivity contribution is 0.112. The summed E-state index contributed by atoms with van der Waals surface area (Å²) in [5.41, 5.74) is 12.4. The van der Waals surface area contributed by atoms with Gasteiger partial charge in [-0.25, -0.2) is 0 Å². The van der Waals surface area contributed by atoms with E-state index < -0.39 is 0 Å². The van der Waals surface area contributed by atoms with E-state index in [1.54, 1.807) is 12.1 Å². The van der Waals surface area contributed by atoms with Crippen LogP contribution in [0.15, 0.2) is 60.7 Å². The van der Waals surface area contributed by atoms with Gasteiger partial charge in [-0.3, -0.25) is 4.79 Å². The third kappa shape index (κ3) is 17.2. The van der Waals surface area contributed by atoms with Gasteiger partial charge in [0.15, 0.2) is 0 Å². The lowest BCUT2D eigenvalue weighted by Crippen LogP contribution is -2.14. The minimum Gasteiger partial charge on any atom is -0.330 e. The van der Waals surface area contributed by atoms with Gasteiger partial charge in [0, 0.05) is 12.1 Å². The summed E-state index contributed by atoms with van der Waals surface area (Å²) in [6.07, 6.45) is 6.89. The van der Waals surface area contributed by atoms with Crippen LogP contribution in [0.5, 0.6) is 0 Å². The van der Waals surface area contributed by atoms with Crippen LogP contribution in [0.3, 0.4) is 0 Å². The molecule has 2 aromatic rings. The van der Waals surface area contributed by atoms with Gasteiger partial charge in [-0.15, -0.1) is 0 Å². The summed E-state index contributed by atoms with van der Waals surface area (Å²) in [6.45, 7) is 5.93. The lowest BCUT2D eigenvalue weighted by atomic mass is 10.2. The molecule has 2 aromatic carbocycles. The predicted molar refractivity (Wildman–Crippen MR) is 117 cm³/mol. The van der Waals surface area contributed by atoms with Gasteiger partial charge in [0.25, 0.3) is 0 Å². The third-order valence-corrected chi connectivity index (χ3v) is 3.72. The largest absolute Gasteiger partial charge is 0.330 e. The van der Waals surface area contributed by atoms with E-state index in [4.69, 9.17) is 11.5 Å². The van der Waals surface area contributed by atoms with Crippen molar-refractivity contribution in [1.82, 2.24) is 5.32 Å². The molecule has 0 aromatic heterocycles. The van der Waals surface area contributed by atoms with Crippen molar-refractivity contribution in [3.8, 4) is 0 Å². The highest BCUT2D eigenvalue weighted by Gasteiger charge is 1.89. The van der Waals surface area contributed by atoms with Crippen molar-refractivity contribution in [2.24, 2.45) is 11.5 Å². The molecule has 0 bridgehead atoms. The van der Waals surface area contributed by atoms with Crippen molar-refractivity contribution in [3.05, 3.63) is 71.8 Å². The first kappa shape index (κ1) is 25.0. The van der Waals surface area contributed by atoms with Crippen LogP contribution >= 0.6 is 0 Å². The number of carbonyl (C=O) groups is 1. The zero-order chi connectivity index (χ0) is 20.0. The van der Waals surface area contributed by atoms with Gasteiger partial charge in [0.05, 0.1) is 0 Å². The molecule has 2 rings (SSSR count). The summed E-state index contributed by atoms with van der Waals surface area (Å²) < 4.78 is 0. The third-order valence-electron chi connectivity index (χ3n) is 3.72. The Bertz CT molecular complexity index is 528. The second kappa shape index (κ2) is 20.3. The Kier molecular flexibility index (Phi) is 18.8. The van der Waals surface area contributed by atoms with E-state index >= 15 is 0 Å². The summed E-state index contributed by atoms with van der Waals surface area (Å²) in [6, 6.07) is 19.6. The number of unbranched alkanes of at least 4 members (excludes halogenated alkanes) is 3. The van der Waals surface area contributed by atoms with Crippen LogP contribution in [0.1, 0.15) is 54.9 Å². The molecule has 0 aliphatic heterocycles. The fourth-order valence-corrected chi connectivity index (χ4v) is 2.15. The summed E-state index contributed by atoms with van der Waals surface area (Å²) in [5, 5.41) is 3.44. The van der Waals surface area contributed by atoms with Crippen molar-refractivity contribution < 1.29 is 4.79 Å². The normalized spacial score (nSPS) is 9.44. The molecule has 0 aliphatic rings. The van der Waals surface area contributed by atoms with E-state index in [1.165, 1.54) is 24.8 Å². The van der Waals surface area contributed by atoms with Gasteiger partial charge in [-0.1, -0.05) is 80.4 Å². The Labute approximate surface area is 165 Å². The average molecular weight is 372 g/mol. The zero-order valence-electron chi connectivity index (χ0n) is 16.8. The highest BCUT2D eigenvalue weighted by Crippen LogP contribution is 1.98. The first-order valence-electron chi connectivity index (χ1n) is 9.93. The molecule has 150 valence electrons. The topological polar surface area (TPSA) is 81.1 Å². The highest BCUT2D eigenvalue weighted by molar-refractivity contribution is 5.74. The maximum absolute atomic E-state index is 10.0. The van der Waals surface area contributed by atoms with Crippen LogP contribution < -0.4 is 16.8 Å². The highest BCUT2D eigenvalue weighted by atomic mass is 16.1. The second-order valence-electron chi connectivity index (χ2n) is 6.18. The minimum absolute atomic E-state index is 0.729. The molecule has 27 heavy (non-hydrogen) atoms. The maximum atomic E-state index is 10.0. The predicted octanol–water partition coefficient (Wildman–Crippen LogP) is 4.15. The van der Waals surface area contributed by atoms with Gasteiger partial charge in [-0.2, -0.15) is 0 Å². The quantitative estimate of drug-likeness (QED) is 0.433. The van der Waals surface area contributed by atoms with E-state index in [0.717, 1.165) is 50.9 Å². The number of benzene rings is 2. The zero-order valence-corrected chi connectivity index (χ0v) is 16.8. The SMILES string of the molecule is CCCCCNCc1ccccc1.NCCCCN.O=Cc1ccccc1. The molecule has 0 saturated carbocycles. The van der Waals surface area contributed by atoms with Gasteiger partial charge < -0.3 is 16.8 Å². The number of rotatable bonds is 10. The number of hydrogen-bond donors (Lipinski definition) is 3. The molecule has 0 spiro atoms. The Hall–Kier alpha value is -2.01. The van der Waals surface area contributed by atoms with Crippen LogP contribution in [-0.2, 0) is 6.54 Å². The molecule has 0 heterocycles. The van der Waals surface area contributed by atoms with Gasteiger partial charge in [0.1, 0.15) is 6.29 Å². The van der Waals surface area contributed by atoms with Gasteiger partial charge in [-0.05, 0) is 44.5 Å². The Morgan fingerprint density at radius 3 is 1.81 bits per heavy atom. The first-order valence-corrected chi connectivity index (χ1v) is 9.93. The summed E-state index contributed by atoms with van der Waals surface area (Å²) in [4.78, 5) is 10.0. The molecule has 4 nitrogen and oxygen atoms in total. The Balaban J connectivity index is 0.000000413. The summed E-state index contributed by atoms with van der Waals surface area (Å²) >= 11 is 0. The van der Waals surface area contributed by atoms with Crippen molar-refractivity contribution in [3.63, 3.8) is 0 Å². The summed E-state index contributed by atoms with van der Waals surface area (Å²) in [7, 11) is 0. The van der Waals surface area contributed by atoms with Gasteiger partial charge >= 0.3 is 0 Å². The molecular weight excluding hydrogens is 334 g/mol. The Morgan fingerprint density at radius 2 is 1.37 bits per heavy atom. The molecule has 4 heteroatoms. The smallest absolute Gasteiger partial charge is 0.150 e. The van der Waals surface area contributed by atoms with Crippen LogP contribution in [0.2, 0.25) is 0 Å². The van der Waals surface area contributed by atoms with E-state index in [1.807, 2.05) is 18.2 Å². The molecule has 0 aliphatic carbocycles. The lowest BCUT2D eigenvalue weighted by Gasteiger charge is -2.03. The fourth-order valence-electron chi connectivity index (χ4n) is 2.15. The molecule has 0 saturated heterocycles. The molecule has 5 N–H and O–H groups in total. The second-order valence-corrected chi connectivity index (χ2v) is 6.18. The molecule has 0 unspecified atom stereocenters. The Morgan fingerprint density at radius 1 is 0.815 bits per heavy atom. The van der Waals surface area contributed by atoms with Crippen LogP contribution in [0.4, 0.5) is 0 Å². The fraction of sp³-hybridized carbons (Fsp3) is 0.435. The molecule has 0 radical (unpaired) electrons. The standard InChI is InChI=1S/C12H19N.C7H6O.C4H12N2/c1-2-3-7-10-13-11-12-8-5-4-6-9-12;8-6-7-4-2-1-3-5-7;5-3-1-2-4-6/h4-6,8-9,13H,2-3,7,10-11H2,1H3;1-6H;1-6H2. The van der Waals surface area contributed by atoms with Crippen molar-refractivity contribution in [2.45, 2.75) is 45.6 Å². The number of carbonyl (C=O) groups excluding carboxylic acids is 1. The van der Waals surface area contributed by atoms with Gasteiger partial charge in [0.2, 0.25) is 0 Å². The van der Waals surface area contributed by atoms with E-state index in [-0.39, 0.29) is 0 Å². The van der Waals surface area contributed by atoms with Crippen LogP contribution in [0, 0.1) is 0 Å². The minimum atomic E-state index is 0.729. The molecule has 0 atom stereocenters. The van der Waals surface area contributed by atoms with Crippen LogP contribution in [0.25, 0.3) is 0 Å². The number of nitrogens with one attached hydrogen (secondary N) is 1. The molecular formula is C23H37N3O. The number of nitrogens with two attached hydrogens (primary N) is 2. The van der Waals surface area contributed by atoms with Crippen molar-refractivity contribution in [2.75, 3.05) is 19.6 Å². The van der Waals surface area contributed by atoms with Crippen molar-refractivity contribution in [1.29, 1.82) is 0 Å². The monoisotopic (exact) mass is 371 g/mol. The number of hydrogen-bond acceptors (Lipinski definition) is 4. The van der Waals surface area contributed by atoms with E-state index in [9.17, 15) is 4.79 Å². The van der Waals surface area contributed by atoms with Crippen molar-refractivity contribution >= 4 is 6.29 Å².